The minimum atomic E-state index is 0.383. The second-order valence-electron chi connectivity index (χ2n) is 6.33. The lowest BCUT2D eigenvalue weighted by Gasteiger charge is -2.30. The molecule has 0 aromatic heterocycles. The quantitative estimate of drug-likeness (QED) is 0.621. The van der Waals surface area contributed by atoms with Gasteiger partial charge in [0.25, 0.3) is 0 Å². The third kappa shape index (κ3) is 6.25. The number of nitrogens with one attached hydrogen (secondary N) is 1. The monoisotopic (exact) mass is 282 g/mol. The topological polar surface area (TPSA) is 32.3 Å². The first-order chi connectivity index (χ1) is 9.69. The molecule has 1 amide bonds. The summed E-state index contributed by atoms with van der Waals surface area (Å²) in [4.78, 5) is 14.7. The maximum absolute atomic E-state index is 12.5. The molecule has 0 bridgehead atoms. The Kier molecular flexibility index (Phi) is 8.92. The summed E-state index contributed by atoms with van der Waals surface area (Å²) in [5, 5.41) is 3.39. The van der Waals surface area contributed by atoms with Crippen LogP contribution in [0.15, 0.2) is 0 Å². The third-order valence-corrected chi connectivity index (χ3v) is 4.49. The van der Waals surface area contributed by atoms with E-state index in [-0.39, 0.29) is 0 Å². The van der Waals surface area contributed by atoms with Crippen LogP contribution in [-0.2, 0) is 4.79 Å². The van der Waals surface area contributed by atoms with Gasteiger partial charge in [-0.1, -0.05) is 33.1 Å². The molecule has 1 N–H and O–H groups in total. The van der Waals surface area contributed by atoms with E-state index in [1.165, 1.54) is 19.3 Å². The lowest BCUT2D eigenvalue weighted by Crippen LogP contribution is -2.39. The zero-order chi connectivity index (χ0) is 14.8. The normalized spacial score (nSPS) is 20.1. The smallest absolute Gasteiger partial charge is 0.222 e. The van der Waals surface area contributed by atoms with E-state index in [1.807, 2.05) is 0 Å². The molecule has 0 radical (unpaired) electrons. The summed E-state index contributed by atoms with van der Waals surface area (Å²) in [7, 11) is 0. The van der Waals surface area contributed by atoms with E-state index in [4.69, 9.17) is 0 Å². The van der Waals surface area contributed by atoms with Gasteiger partial charge in [0.05, 0.1) is 0 Å². The minimum Gasteiger partial charge on any atom is -0.340 e. The average molecular weight is 282 g/mol. The maximum Gasteiger partial charge on any atom is 0.222 e. The number of amides is 1. The van der Waals surface area contributed by atoms with Crippen LogP contribution >= 0.6 is 0 Å². The highest BCUT2D eigenvalue weighted by Gasteiger charge is 2.21. The first kappa shape index (κ1) is 17.5. The van der Waals surface area contributed by atoms with E-state index in [9.17, 15) is 4.79 Å². The van der Waals surface area contributed by atoms with Crippen molar-refractivity contribution in [2.24, 2.45) is 5.92 Å². The molecular weight excluding hydrogens is 248 g/mol. The van der Waals surface area contributed by atoms with Crippen LogP contribution in [0, 0.1) is 5.92 Å². The largest absolute Gasteiger partial charge is 0.340 e. The molecule has 1 rings (SSSR count). The van der Waals surface area contributed by atoms with Crippen molar-refractivity contribution in [3.05, 3.63) is 0 Å². The van der Waals surface area contributed by atoms with Crippen molar-refractivity contribution in [1.82, 2.24) is 10.2 Å². The number of hydrogen-bond acceptors (Lipinski definition) is 2. The molecule has 3 heteroatoms. The van der Waals surface area contributed by atoms with Gasteiger partial charge in [-0.25, -0.2) is 0 Å². The Labute approximate surface area is 125 Å². The molecule has 118 valence electrons. The molecular formula is C17H34N2O. The Hall–Kier alpha value is -0.570. The Balaban J connectivity index is 2.39. The highest BCUT2D eigenvalue weighted by atomic mass is 16.2. The summed E-state index contributed by atoms with van der Waals surface area (Å²) in [5.74, 6) is 1.10. The summed E-state index contributed by atoms with van der Waals surface area (Å²) in [5.41, 5.74) is 0. The van der Waals surface area contributed by atoms with Crippen LogP contribution < -0.4 is 5.32 Å². The molecule has 2 atom stereocenters. The number of hydrogen-bond donors (Lipinski definition) is 1. The number of rotatable bonds is 10. The number of carbonyl (C=O) groups is 1. The minimum absolute atomic E-state index is 0.383. The number of unbranched alkanes of at least 4 members (excludes halogenated alkanes) is 2. The van der Waals surface area contributed by atoms with Gasteiger partial charge in [0, 0.05) is 19.0 Å². The molecule has 1 aliphatic heterocycles. The number of carbonyl (C=O) groups excluding carboxylic acids is 1. The summed E-state index contributed by atoms with van der Waals surface area (Å²) in [6.45, 7) is 9.82. The van der Waals surface area contributed by atoms with Gasteiger partial charge < -0.3 is 10.2 Å². The van der Waals surface area contributed by atoms with Crippen molar-refractivity contribution >= 4 is 5.91 Å². The Bertz CT molecular complexity index is 262. The summed E-state index contributed by atoms with van der Waals surface area (Å²) in [6.07, 6.45) is 8.94. The van der Waals surface area contributed by atoms with Crippen LogP contribution in [0.4, 0.5) is 0 Å². The van der Waals surface area contributed by atoms with Crippen molar-refractivity contribution < 1.29 is 4.79 Å². The van der Waals surface area contributed by atoms with Gasteiger partial charge in [-0.05, 0) is 51.6 Å². The first-order valence-corrected chi connectivity index (χ1v) is 8.69. The van der Waals surface area contributed by atoms with Crippen LogP contribution in [0.3, 0.4) is 0 Å². The molecule has 0 spiro atoms. The van der Waals surface area contributed by atoms with E-state index in [2.05, 4.69) is 31.0 Å². The fraction of sp³-hybridized carbons (Fsp3) is 0.941. The van der Waals surface area contributed by atoms with Crippen LogP contribution in [0.1, 0.15) is 72.1 Å². The molecule has 0 aromatic rings. The fourth-order valence-corrected chi connectivity index (χ4v) is 3.13. The standard InChI is InChI=1S/C17H34N2O/c1-4-6-7-13-19(15(3)8-5-2)17(20)10-9-16-11-12-18-14-16/h15-16,18H,4-14H2,1-3H3. The second kappa shape index (κ2) is 10.2. The molecule has 0 aliphatic carbocycles. The molecule has 0 saturated carbocycles. The maximum atomic E-state index is 12.5. The van der Waals surface area contributed by atoms with Crippen molar-refractivity contribution in [3.8, 4) is 0 Å². The SMILES string of the molecule is CCCCCN(C(=O)CCC1CCNC1)C(C)CCC. The van der Waals surface area contributed by atoms with Gasteiger partial charge in [-0.15, -0.1) is 0 Å². The zero-order valence-corrected chi connectivity index (χ0v) is 13.8. The van der Waals surface area contributed by atoms with Gasteiger partial charge >= 0.3 is 0 Å². The predicted molar refractivity (Wildman–Crippen MR) is 85.8 cm³/mol. The Morgan fingerprint density at radius 1 is 1.30 bits per heavy atom. The lowest BCUT2D eigenvalue weighted by atomic mass is 10.0. The second-order valence-corrected chi connectivity index (χ2v) is 6.33. The third-order valence-electron chi connectivity index (χ3n) is 4.49. The van der Waals surface area contributed by atoms with E-state index in [0.717, 1.165) is 57.7 Å². The Morgan fingerprint density at radius 2 is 2.10 bits per heavy atom. The molecule has 3 nitrogen and oxygen atoms in total. The van der Waals surface area contributed by atoms with E-state index in [1.54, 1.807) is 0 Å². The van der Waals surface area contributed by atoms with Crippen LogP contribution in [-0.4, -0.2) is 36.5 Å². The summed E-state index contributed by atoms with van der Waals surface area (Å²) in [6, 6.07) is 0.408. The van der Waals surface area contributed by atoms with Crippen molar-refractivity contribution in [2.75, 3.05) is 19.6 Å². The van der Waals surface area contributed by atoms with Gasteiger partial charge in [-0.3, -0.25) is 4.79 Å². The molecule has 0 aromatic carbocycles. The zero-order valence-electron chi connectivity index (χ0n) is 13.8. The van der Waals surface area contributed by atoms with Crippen molar-refractivity contribution in [1.29, 1.82) is 0 Å². The Morgan fingerprint density at radius 3 is 2.70 bits per heavy atom. The summed E-state index contributed by atoms with van der Waals surface area (Å²) >= 11 is 0. The van der Waals surface area contributed by atoms with Gasteiger partial charge in [-0.2, -0.15) is 0 Å². The first-order valence-electron chi connectivity index (χ1n) is 8.69. The molecule has 1 heterocycles. The van der Waals surface area contributed by atoms with Gasteiger partial charge in [0.2, 0.25) is 5.91 Å². The van der Waals surface area contributed by atoms with Gasteiger partial charge in [0.15, 0.2) is 0 Å². The lowest BCUT2D eigenvalue weighted by molar-refractivity contribution is -0.133. The highest BCUT2D eigenvalue weighted by Crippen LogP contribution is 2.17. The van der Waals surface area contributed by atoms with Crippen LogP contribution in [0.25, 0.3) is 0 Å². The molecule has 1 fully saturated rings. The fourth-order valence-electron chi connectivity index (χ4n) is 3.13. The molecule has 2 unspecified atom stereocenters. The van der Waals surface area contributed by atoms with Gasteiger partial charge in [0.1, 0.15) is 0 Å². The highest BCUT2D eigenvalue weighted by molar-refractivity contribution is 5.76. The van der Waals surface area contributed by atoms with Crippen molar-refractivity contribution in [2.45, 2.75) is 78.2 Å². The van der Waals surface area contributed by atoms with E-state index >= 15 is 0 Å². The predicted octanol–water partition coefficient (Wildman–Crippen LogP) is 3.58. The van der Waals surface area contributed by atoms with E-state index in [0.29, 0.717) is 11.9 Å². The molecule has 1 saturated heterocycles. The molecule has 20 heavy (non-hydrogen) atoms. The summed E-state index contributed by atoms with van der Waals surface area (Å²) < 4.78 is 0. The molecule has 1 aliphatic rings. The number of nitrogens with zero attached hydrogens (tertiary/aromatic N) is 1. The van der Waals surface area contributed by atoms with E-state index < -0.39 is 0 Å². The average Bonchev–Trinajstić information content (AvgIpc) is 2.94. The van der Waals surface area contributed by atoms with Crippen molar-refractivity contribution in [3.63, 3.8) is 0 Å². The van der Waals surface area contributed by atoms with Crippen LogP contribution in [0.2, 0.25) is 0 Å². The van der Waals surface area contributed by atoms with Crippen LogP contribution in [0.5, 0.6) is 0 Å².